The van der Waals surface area contributed by atoms with E-state index in [-0.39, 0.29) is 5.91 Å². The Morgan fingerprint density at radius 2 is 2.36 bits per heavy atom. The van der Waals surface area contributed by atoms with Crippen molar-refractivity contribution in [2.75, 3.05) is 12.3 Å². The Kier molecular flexibility index (Phi) is 4.81. The van der Waals surface area contributed by atoms with Crippen LogP contribution in [0.1, 0.15) is 0 Å². The fourth-order valence-corrected chi connectivity index (χ4v) is 4.31. The summed E-state index contributed by atoms with van der Waals surface area (Å²) in [6.45, 7) is 4.05. The molecule has 8 heteroatoms. The minimum absolute atomic E-state index is 0.0420. The van der Waals surface area contributed by atoms with E-state index < -0.39 is 0 Å². The first kappa shape index (κ1) is 15.1. The van der Waals surface area contributed by atoms with Gasteiger partial charge in [-0.2, -0.15) is 4.37 Å². The zero-order valence-corrected chi connectivity index (χ0v) is 13.9. The summed E-state index contributed by atoms with van der Waals surface area (Å²) in [4.78, 5) is 21.4. The van der Waals surface area contributed by atoms with Crippen LogP contribution in [0.5, 0.6) is 0 Å². The van der Waals surface area contributed by atoms with Gasteiger partial charge in [-0.3, -0.25) is 4.79 Å². The van der Waals surface area contributed by atoms with E-state index in [2.05, 4.69) is 26.2 Å². The number of carbonyl (C=O) groups excluding carboxylic acids is 1. The fraction of sp³-hybridized carbons (Fsp3) is 0.143. The summed E-state index contributed by atoms with van der Waals surface area (Å²) in [5.74, 6) is 0.270. The number of amides is 1. The SMILES string of the molecule is C=CCNC(=O)CSc1ncnc2c(-c3cccs3)nsc12. The van der Waals surface area contributed by atoms with Crippen LogP contribution >= 0.6 is 34.6 Å². The molecule has 0 aromatic carbocycles. The molecule has 0 atom stereocenters. The molecule has 22 heavy (non-hydrogen) atoms. The number of nitrogens with zero attached hydrogens (tertiary/aromatic N) is 3. The highest BCUT2D eigenvalue weighted by atomic mass is 32.2. The van der Waals surface area contributed by atoms with Gasteiger partial charge in [0, 0.05) is 6.54 Å². The van der Waals surface area contributed by atoms with Crippen molar-refractivity contribution in [3.05, 3.63) is 36.5 Å². The van der Waals surface area contributed by atoms with Crippen LogP contribution in [0.2, 0.25) is 0 Å². The quantitative estimate of drug-likeness (QED) is 0.421. The molecule has 1 N–H and O–H groups in total. The number of hydrogen-bond donors (Lipinski definition) is 1. The number of hydrogen-bond acceptors (Lipinski definition) is 7. The van der Waals surface area contributed by atoms with Gasteiger partial charge in [-0.1, -0.05) is 23.9 Å². The molecule has 5 nitrogen and oxygen atoms in total. The molecule has 0 radical (unpaired) electrons. The Morgan fingerprint density at radius 3 is 3.14 bits per heavy atom. The molecule has 3 aromatic rings. The van der Waals surface area contributed by atoms with Gasteiger partial charge in [-0.05, 0) is 23.0 Å². The standard InChI is InChI=1S/C14H12N4OS3/c1-2-5-15-10(19)7-21-14-13-12(16-8-17-14)11(18-22-13)9-4-3-6-20-9/h2-4,6,8H,1,5,7H2,(H,15,19). The van der Waals surface area contributed by atoms with Crippen LogP contribution in [-0.2, 0) is 4.79 Å². The average Bonchev–Trinajstić information content (AvgIpc) is 3.19. The molecule has 0 aliphatic heterocycles. The molecule has 0 aliphatic rings. The Hall–Kier alpha value is -1.77. The van der Waals surface area contributed by atoms with Crippen molar-refractivity contribution in [1.82, 2.24) is 19.7 Å². The van der Waals surface area contributed by atoms with Gasteiger partial charge < -0.3 is 5.32 Å². The first-order chi connectivity index (χ1) is 10.8. The number of aromatic nitrogens is 3. The molecule has 0 fully saturated rings. The van der Waals surface area contributed by atoms with Crippen molar-refractivity contribution < 1.29 is 4.79 Å². The van der Waals surface area contributed by atoms with E-state index in [1.807, 2.05) is 17.5 Å². The van der Waals surface area contributed by atoms with E-state index in [0.29, 0.717) is 12.3 Å². The summed E-state index contributed by atoms with van der Waals surface area (Å²) >= 11 is 4.40. The van der Waals surface area contributed by atoms with Gasteiger partial charge in [0.25, 0.3) is 0 Å². The molecule has 3 heterocycles. The van der Waals surface area contributed by atoms with Crippen LogP contribution < -0.4 is 5.32 Å². The van der Waals surface area contributed by atoms with E-state index in [0.717, 1.165) is 25.8 Å². The highest BCUT2D eigenvalue weighted by Crippen LogP contribution is 2.35. The topological polar surface area (TPSA) is 67.8 Å². The zero-order valence-electron chi connectivity index (χ0n) is 11.5. The Balaban J connectivity index is 1.82. The summed E-state index contributed by atoms with van der Waals surface area (Å²) in [7, 11) is 0. The van der Waals surface area contributed by atoms with Crippen LogP contribution in [0.25, 0.3) is 20.8 Å². The van der Waals surface area contributed by atoms with E-state index in [9.17, 15) is 4.79 Å². The number of rotatable bonds is 6. The number of carbonyl (C=O) groups is 1. The van der Waals surface area contributed by atoms with Crippen LogP contribution in [0, 0.1) is 0 Å². The van der Waals surface area contributed by atoms with Crippen molar-refractivity contribution in [2.45, 2.75) is 5.03 Å². The maximum Gasteiger partial charge on any atom is 0.230 e. The molecule has 0 spiro atoms. The minimum atomic E-state index is -0.0420. The Labute approximate surface area is 139 Å². The minimum Gasteiger partial charge on any atom is -0.352 e. The molecule has 112 valence electrons. The summed E-state index contributed by atoms with van der Waals surface area (Å²) < 4.78 is 5.42. The van der Waals surface area contributed by atoms with Gasteiger partial charge in [0.1, 0.15) is 27.3 Å². The third-order valence-corrected chi connectivity index (χ3v) is 5.60. The summed E-state index contributed by atoms with van der Waals surface area (Å²) in [6, 6.07) is 4.02. The normalized spacial score (nSPS) is 10.7. The van der Waals surface area contributed by atoms with E-state index in [1.54, 1.807) is 17.4 Å². The predicted octanol–water partition coefficient (Wildman–Crippen LogP) is 3.21. The lowest BCUT2D eigenvalue weighted by Crippen LogP contribution is -2.24. The van der Waals surface area contributed by atoms with Crippen molar-refractivity contribution in [1.29, 1.82) is 0 Å². The molecule has 0 bridgehead atoms. The Morgan fingerprint density at radius 1 is 1.45 bits per heavy atom. The van der Waals surface area contributed by atoms with Crippen molar-refractivity contribution in [3.8, 4) is 10.6 Å². The first-order valence-corrected chi connectivity index (χ1v) is 9.08. The van der Waals surface area contributed by atoms with Gasteiger partial charge in [-0.15, -0.1) is 17.9 Å². The largest absolute Gasteiger partial charge is 0.352 e. The second-order valence-electron chi connectivity index (χ2n) is 4.25. The van der Waals surface area contributed by atoms with Crippen LogP contribution in [0.4, 0.5) is 0 Å². The van der Waals surface area contributed by atoms with Crippen molar-refractivity contribution in [2.24, 2.45) is 0 Å². The predicted molar refractivity (Wildman–Crippen MR) is 92.5 cm³/mol. The number of thiophene rings is 1. The molecule has 0 saturated heterocycles. The molecule has 3 aromatic heterocycles. The maximum atomic E-state index is 11.7. The van der Waals surface area contributed by atoms with Gasteiger partial charge >= 0.3 is 0 Å². The maximum absolute atomic E-state index is 11.7. The van der Waals surface area contributed by atoms with Gasteiger partial charge in [-0.25, -0.2) is 9.97 Å². The van der Waals surface area contributed by atoms with Gasteiger partial charge in [0.05, 0.1) is 10.6 Å². The molecule has 1 amide bonds. The summed E-state index contributed by atoms with van der Waals surface area (Å²) in [5, 5.41) is 5.55. The molecule has 0 aliphatic carbocycles. The fourth-order valence-electron chi connectivity index (χ4n) is 1.79. The monoisotopic (exact) mass is 348 g/mol. The van der Waals surface area contributed by atoms with Gasteiger partial charge in [0.15, 0.2) is 0 Å². The third kappa shape index (κ3) is 3.18. The Bertz CT molecular complexity index is 798. The van der Waals surface area contributed by atoms with E-state index in [4.69, 9.17) is 0 Å². The molecule has 3 rings (SSSR count). The number of fused-ring (bicyclic) bond motifs is 1. The zero-order chi connectivity index (χ0) is 15.4. The molecule has 0 saturated carbocycles. The van der Waals surface area contributed by atoms with Crippen LogP contribution in [0.15, 0.2) is 41.5 Å². The number of thioether (sulfide) groups is 1. The van der Waals surface area contributed by atoms with Crippen LogP contribution in [0.3, 0.4) is 0 Å². The average molecular weight is 348 g/mol. The smallest absolute Gasteiger partial charge is 0.230 e. The highest BCUT2D eigenvalue weighted by Gasteiger charge is 2.15. The molecular weight excluding hydrogens is 336 g/mol. The van der Waals surface area contributed by atoms with Crippen molar-refractivity contribution in [3.63, 3.8) is 0 Å². The van der Waals surface area contributed by atoms with Crippen LogP contribution in [-0.4, -0.2) is 32.5 Å². The lowest BCUT2D eigenvalue weighted by atomic mass is 10.3. The van der Waals surface area contributed by atoms with E-state index in [1.165, 1.54) is 29.6 Å². The number of nitrogens with one attached hydrogen (secondary N) is 1. The summed E-state index contributed by atoms with van der Waals surface area (Å²) in [6.07, 6.45) is 3.18. The van der Waals surface area contributed by atoms with Crippen molar-refractivity contribution >= 4 is 50.8 Å². The van der Waals surface area contributed by atoms with Gasteiger partial charge in [0.2, 0.25) is 5.91 Å². The first-order valence-electron chi connectivity index (χ1n) is 6.44. The molecular formula is C14H12N4OS3. The second-order valence-corrected chi connectivity index (χ2v) is 6.93. The summed E-state index contributed by atoms with van der Waals surface area (Å²) in [5.41, 5.74) is 1.73. The van der Waals surface area contributed by atoms with E-state index >= 15 is 0 Å². The lowest BCUT2D eigenvalue weighted by molar-refractivity contribution is -0.118. The highest BCUT2D eigenvalue weighted by molar-refractivity contribution is 8.00. The second kappa shape index (κ2) is 6.99. The molecule has 0 unspecified atom stereocenters. The lowest BCUT2D eigenvalue weighted by Gasteiger charge is -2.02. The third-order valence-electron chi connectivity index (χ3n) is 2.76.